The first-order valence-corrected chi connectivity index (χ1v) is 6.88. The molecule has 110 valence electrons. The number of rotatable bonds is 6. The van der Waals surface area contributed by atoms with Crippen LogP contribution in [0.5, 0.6) is 11.5 Å². The van der Waals surface area contributed by atoms with Crippen molar-refractivity contribution in [1.82, 2.24) is 5.32 Å². The number of halogens is 1. The lowest BCUT2D eigenvalue weighted by Crippen LogP contribution is -2.28. The van der Waals surface area contributed by atoms with Crippen molar-refractivity contribution < 1.29 is 14.3 Å². The summed E-state index contributed by atoms with van der Waals surface area (Å²) in [6.07, 6.45) is 0. The van der Waals surface area contributed by atoms with Crippen molar-refractivity contribution in [2.75, 3.05) is 20.3 Å². The Morgan fingerprint density at radius 2 is 2.00 bits per heavy atom. The van der Waals surface area contributed by atoms with Crippen LogP contribution in [-0.2, 0) is 0 Å². The van der Waals surface area contributed by atoms with Crippen LogP contribution < -0.4 is 14.8 Å². The van der Waals surface area contributed by atoms with Crippen LogP contribution in [0.4, 0.5) is 0 Å². The van der Waals surface area contributed by atoms with E-state index in [1.165, 1.54) is 7.11 Å². The van der Waals surface area contributed by atoms with Gasteiger partial charge in [-0.15, -0.1) is 0 Å². The molecule has 0 spiro atoms. The molecule has 0 aliphatic carbocycles. The van der Waals surface area contributed by atoms with Gasteiger partial charge in [0.25, 0.3) is 5.91 Å². The van der Waals surface area contributed by atoms with Gasteiger partial charge in [-0.2, -0.15) is 0 Å². The Morgan fingerprint density at radius 1 is 1.19 bits per heavy atom. The number of ether oxygens (including phenoxy) is 2. The summed E-state index contributed by atoms with van der Waals surface area (Å²) < 4.78 is 10.6. The van der Waals surface area contributed by atoms with E-state index in [-0.39, 0.29) is 5.91 Å². The van der Waals surface area contributed by atoms with E-state index in [2.05, 4.69) is 5.32 Å². The van der Waals surface area contributed by atoms with Crippen LogP contribution in [-0.4, -0.2) is 26.2 Å². The van der Waals surface area contributed by atoms with Gasteiger partial charge in [-0.05, 0) is 30.3 Å². The second kappa shape index (κ2) is 7.55. The smallest absolute Gasteiger partial charge is 0.255 e. The zero-order chi connectivity index (χ0) is 15.1. The molecule has 0 saturated carbocycles. The van der Waals surface area contributed by atoms with Crippen molar-refractivity contribution in [2.24, 2.45) is 0 Å². The molecule has 0 saturated heterocycles. The van der Waals surface area contributed by atoms with Gasteiger partial charge < -0.3 is 14.8 Å². The quantitative estimate of drug-likeness (QED) is 0.834. The molecular formula is C16H16ClNO3. The van der Waals surface area contributed by atoms with Gasteiger partial charge in [-0.1, -0.05) is 29.8 Å². The number of nitrogens with one attached hydrogen (secondary N) is 1. The number of carbonyl (C=O) groups excluding carboxylic acids is 1. The third-order valence-corrected chi connectivity index (χ3v) is 3.04. The number of methoxy groups -OCH3 is 1. The van der Waals surface area contributed by atoms with Crippen LogP contribution in [0, 0.1) is 0 Å². The summed E-state index contributed by atoms with van der Waals surface area (Å²) in [6.45, 7) is 0.755. The van der Waals surface area contributed by atoms with Crippen LogP contribution in [0.1, 0.15) is 10.4 Å². The van der Waals surface area contributed by atoms with Crippen LogP contribution in [0.15, 0.2) is 48.5 Å². The molecular weight excluding hydrogens is 290 g/mol. The van der Waals surface area contributed by atoms with Gasteiger partial charge >= 0.3 is 0 Å². The van der Waals surface area contributed by atoms with Crippen molar-refractivity contribution in [3.63, 3.8) is 0 Å². The normalized spacial score (nSPS) is 10.0. The molecule has 0 aromatic heterocycles. The molecule has 0 bridgehead atoms. The average Bonchev–Trinajstić information content (AvgIpc) is 2.51. The molecule has 2 aromatic rings. The molecule has 0 atom stereocenters. The predicted molar refractivity (Wildman–Crippen MR) is 82.3 cm³/mol. The van der Waals surface area contributed by atoms with E-state index in [4.69, 9.17) is 21.1 Å². The van der Waals surface area contributed by atoms with E-state index >= 15 is 0 Å². The van der Waals surface area contributed by atoms with E-state index in [0.29, 0.717) is 35.2 Å². The van der Waals surface area contributed by atoms with Gasteiger partial charge in [0.2, 0.25) is 0 Å². The number of para-hydroxylation sites is 1. The molecule has 0 aliphatic rings. The Morgan fingerprint density at radius 3 is 2.76 bits per heavy atom. The van der Waals surface area contributed by atoms with Gasteiger partial charge in [-0.3, -0.25) is 4.79 Å². The minimum Gasteiger partial charge on any atom is -0.496 e. The van der Waals surface area contributed by atoms with E-state index < -0.39 is 0 Å². The lowest BCUT2D eigenvalue weighted by molar-refractivity contribution is 0.0944. The fourth-order valence-electron chi connectivity index (χ4n) is 1.82. The topological polar surface area (TPSA) is 47.6 Å². The Bertz CT molecular complexity index is 616. The highest BCUT2D eigenvalue weighted by Crippen LogP contribution is 2.17. The zero-order valence-corrected chi connectivity index (χ0v) is 12.4. The van der Waals surface area contributed by atoms with Crippen molar-refractivity contribution in [3.8, 4) is 11.5 Å². The first kappa shape index (κ1) is 15.2. The Hall–Kier alpha value is -2.20. The lowest BCUT2D eigenvalue weighted by Gasteiger charge is -2.10. The summed E-state index contributed by atoms with van der Waals surface area (Å²) in [7, 11) is 1.54. The number of amides is 1. The number of benzene rings is 2. The first-order chi connectivity index (χ1) is 10.2. The lowest BCUT2D eigenvalue weighted by atomic mass is 10.2. The van der Waals surface area contributed by atoms with Gasteiger partial charge in [-0.25, -0.2) is 0 Å². The molecule has 0 fully saturated rings. The van der Waals surface area contributed by atoms with Crippen molar-refractivity contribution in [3.05, 3.63) is 59.1 Å². The molecule has 2 rings (SSSR count). The molecule has 1 N–H and O–H groups in total. The Labute approximate surface area is 128 Å². The number of carbonyl (C=O) groups is 1. The summed E-state index contributed by atoms with van der Waals surface area (Å²) in [5.41, 5.74) is 0.503. The average molecular weight is 306 g/mol. The predicted octanol–water partition coefficient (Wildman–Crippen LogP) is 3.16. The zero-order valence-electron chi connectivity index (χ0n) is 11.6. The molecule has 1 amide bonds. The van der Waals surface area contributed by atoms with Gasteiger partial charge in [0.15, 0.2) is 0 Å². The first-order valence-electron chi connectivity index (χ1n) is 6.50. The molecule has 0 unspecified atom stereocenters. The molecule has 2 aromatic carbocycles. The fraction of sp³-hybridized carbons (Fsp3) is 0.188. The van der Waals surface area contributed by atoms with Gasteiger partial charge in [0, 0.05) is 5.02 Å². The monoisotopic (exact) mass is 305 g/mol. The molecule has 21 heavy (non-hydrogen) atoms. The largest absolute Gasteiger partial charge is 0.496 e. The highest BCUT2D eigenvalue weighted by Gasteiger charge is 2.10. The second-order valence-electron chi connectivity index (χ2n) is 4.26. The Kier molecular flexibility index (Phi) is 5.46. The van der Waals surface area contributed by atoms with Crippen LogP contribution in [0.2, 0.25) is 5.02 Å². The summed E-state index contributed by atoms with van der Waals surface area (Å²) >= 11 is 5.86. The van der Waals surface area contributed by atoms with E-state index in [1.54, 1.807) is 30.3 Å². The molecule has 0 radical (unpaired) electrons. The summed E-state index contributed by atoms with van der Waals surface area (Å²) in [5.74, 6) is 1.03. The van der Waals surface area contributed by atoms with Crippen molar-refractivity contribution in [1.29, 1.82) is 0 Å². The molecule has 4 nitrogen and oxygen atoms in total. The molecule has 5 heteroatoms. The summed E-state index contributed by atoms with van der Waals surface area (Å²) in [5, 5.41) is 3.40. The minimum absolute atomic E-state index is 0.192. The number of hydrogen-bond acceptors (Lipinski definition) is 3. The summed E-state index contributed by atoms with van der Waals surface area (Å²) in [4.78, 5) is 12.0. The maximum Gasteiger partial charge on any atom is 0.255 e. The van der Waals surface area contributed by atoms with Crippen molar-refractivity contribution >= 4 is 17.5 Å². The molecule has 0 aliphatic heterocycles. The Balaban J connectivity index is 1.82. The van der Waals surface area contributed by atoms with Gasteiger partial charge in [0.05, 0.1) is 19.2 Å². The van der Waals surface area contributed by atoms with E-state index in [1.807, 2.05) is 18.2 Å². The summed E-state index contributed by atoms with van der Waals surface area (Å²) in [6, 6.07) is 14.2. The van der Waals surface area contributed by atoms with Crippen molar-refractivity contribution in [2.45, 2.75) is 0 Å². The van der Waals surface area contributed by atoms with Gasteiger partial charge in [0.1, 0.15) is 18.1 Å². The van der Waals surface area contributed by atoms with Crippen LogP contribution in [0.3, 0.4) is 0 Å². The second-order valence-corrected chi connectivity index (χ2v) is 4.70. The fourth-order valence-corrected chi connectivity index (χ4v) is 2.00. The maximum atomic E-state index is 12.0. The van der Waals surface area contributed by atoms with E-state index in [0.717, 1.165) is 0 Å². The highest BCUT2D eigenvalue weighted by molar-refractivity contribution is 6.30. The van der Waals surface area contributed by atoms with Crippen LogP contribution >= 0.6 is 11.6 Å². The standard InChI is InChI=1S/C16H16ClNO3/c1-20-15-8-3-2-7-14(15)16(19)18-9-10-21-13-6-4-5-12(17)11-13/h2-8,11H,9-10H2,1H3,(H,18,19). The van der Waals surface area contributed by atoms with Crippen LogP contribution in [0.25, 0.3) is 0 Å². The minimum atomic E-state index is -0.192. The maximum absolute atomic E-state index is 12.0. The van der Waals surface area contributed by atoms with E-state index in [9.17, 15) is 4.79 Å². The third kappa shape index (κ3) is 4.39. The SMILES string of the molecule is COc1ccccc1C(=O)NCCOc1cccc(Cl)c1. The molecule has 0 heterocycles. The highest BCUT2D eigenvalue weighted by atomic mass is 35.5. The number of hydrogen-bond donors (Lipinski definition) is 1. The third-order valence-electron chi connectivity index (χ3n) is 2.80.